The van der Waals surface area contributed by atoms with Gasteiger partial charge in [0.1, 0.15) is 5.75 Å². The molecule has 3 aromatic carbocycles. The second-order valence-electron chi connectivity index (χ2n) is 9.18. The molecule has 0 spiro atoms. The van der Waals surface area contributed by atoms with Crippen LogP contribution in [-0.2, 0) is 0 Å². The quantitative estimate of drug-likeness (QED) is 0.358. The molecule has 0 radical (unpaired) electrons. The van der Waals surface area contributed by atoms with Gasteiger partial charge in [-0.05, 0) is 80.2 Å². The fourth-order valence-corrected chi connectivity index (χ4v) is 4.75. The zero-order chi connectivity index (χ0) is 24.9. The molecule has 0 bridgehead atoms. The number of halogens is 3. The Bertz CT molecular complexity index is 1140. The average molecular weight is 485 g/mol. The lowest BCUT2D eigenvalue weighted by Crippen LogP contribution is -2.20. The predicted molar refractivity (Wildman–Crippen MR) is 130 cm³/mol. The summed E-state index contributed by atoms with van der Waals surface area (Å²) in [4.78, 5) is 0. The monoisotopic (exact) mass is 484 g/mol. The number of rotatable bonds is 8. The van der Waals surface area contributed by atoms with Crippen molar-refractivity contribution in [3.8, 4) is 22.6 Å². The fourth-order valence-electron chi connectivity index (χ4n) is 4.75. The van der Waals surface area contributed by atoms with Gasteiger partial charge in [-0.1, -0.05) is 36.4 Å². The van der Waals surface area contributed by atoms with Crippen LogP contribution in [-0.4, -0.2) is 18.3 Å². The van der Waals surface area contributed by atoms with E-state index in [0.29, 0.717) is 30.1 Å². The molecule has 6 heteroatoms. The summed E-state index contributed by atoms with van der Waals surface area (Å²) in [5, 5.41) is 9.65. The van der Waals surface area contributed by atoms with E-state index in [-0.39, 0.29) is 23.1 Å². The average Bonchev–Trinajstić information content (AvgIpc) is 2.86. The number of aliphatic hydroxyl groups excluding tert-OH is 1. The van der Waals surface area contributed by atoms with E-state index in [1.807, 2.05) is 6.92 Å². The number of ether oxygens (including phenoxy) is 2. The van der Waals surface area contributed by atoms with Crippen molar-refractivity contribution >= 4 is 0 Å². The van der Waals surface area contributed by atoms with Crippen LogP contribution in [0, 0.1) is 23.4 Å². The Labute approximate surface area is 204 Å². The third-order valence-electron chi connectivity index (χ3n) is 6.79. The lowest BCUT2D eigenvalue weighted by atomic mass is 9.78. The van der Waals surface area contributed by atoms with Crippen molar-refractivity contribution in [3.05, 3.63) is 83.2 Å². The zero-order valence-electron chi connectivity index (χ0n) is 20.1. The largest absolute Gasteiger partial charge is 0.494 e. The maximum atomic E-state index is 15.0. The smallest absolute Gasteiger partial charge is 0.168 e. The molecule has 0 aromatic heterocycles. The van der Waals surface area contributed by atoms with Crippen LogP contribution in [0.4, 0.5) is 13.2 Å². The minimum atomic E-state index is -0.844. The number of benzene rings is 3. The van der Waals surface area contributed by atoms with Gasteiger partial charge < -0.3 is 14.6 Å². The molecule has 186 valence electrons. The fraction of sp³-hybridized carbons (Fsp3) is 0.379. The van der Waals surface area contributed by atoms with Crippen molar-refractivity contribution in [2.75, 3.05) is 13.2 Å². The number of hydrogen-bond acceptors (Lipinski definition) is 3. The Kier molecular flexibility index (Phi) is 8.01. The van der Waals surface area contributed by atoms with Gasteiger partial charge in [-0.3, -0.25) is 0 Å². The molecule has 0 saturated heterocycles. The highest BCUT2D eigenvalue weighted by atomic mass is 19.2. The molecule has 1 aliphatic carbocycles. The van der Waals surface area contributed by atoms with E-state index in [4.69, 9.17) is 9.47 Å². The molecule has 0 amide bonds. The van der Waals surface area contributed by atoms with Gasteiger partial charge in [-0.25, -0.2) is 13.2 Å². The summed E-state index contributed by atoms with van der Waals surface area (Å²) in [6, 6.07) is 14.7. The van der Waals surface area contributed by atoms with Crippen molar-refractivity contribution < 1.29 is 27.8 Å². The molecule has 35 heavy (non-hydrogen) atoms. The van der Waals surface area contributed by atoms with E-state index in [9.17, 15) is 13.9 Å². The van der Waals surface area contributed by atoms with Gasteiger partial charge in [0, 0.05) is 11.6 Å². The van der Waals surface area contributed by atoms with E-state index >= 15 is 4.39 Å². The van der Waals surface area contributed by atoms with Crippen molar-refractivity contribution in [1.29, 1.82) is 0 Å². The number of hydrogen-bond donors (Lipinski definition) is 1. The molecule has 0 aliphatic heterocycles. The zero-order valence-corrected chi connectivity index (χ0v) is 20.1. The topological polar surface area (TPSA) is 38.7 Å². The lowest BCUT2D eigenvalue weighted by molar-refractivity contribution is 0.193. The van der Waals surface area contributed by atoms with Crippen molar-refractivity contribution in [1.82, 2.24) is 0 Å². The molecule has 1 fully saturated rings. The molecular weight excluding hydrogens is 453 g/mol. The second kappa shape index (κ2) is 11.2. The molecule has 3 nitrogen and oxygen atoms in total. The molecule has 1 saturated carbocycles. The van der Waals surface area contributed by atoms with Crippen LogP contribution in [0.3, 0.4) is 0 Å². The molecule has 3 aromatic rings. The highest BCUT2D eigenvalue weighted by Gasteiger charge is 2.27. The summed E-state index contributed by atoms with van der Waals surface area (Å²) in [6.07, 6.45) is 2.42. The first-order chi connectivity index (χ1) is 16.9. The molecule has 1 unspecified atom stereocenters. The SMILES string of the molecule is CCOc1ccc(OCC2CCC(c3ccc(-c4ccc(C(C)O)cc4)c(F)c3F)CC2)c(F)c1. The first-order valence-electron chi connectivity index (χ1n) is 12.2. The standard InChI is InChI=1S/C29H31F3O3/c1-3-34-23-12-15-27(26(30)16-23)35-17-19-4-6-21(7-5-19)24-13-14-25(29(32)28(24)31)22-10-8-20(9-11-22)18(2)33/h8-16,18-19,21,33H,3-7,17H2,1-2H3. The molecule has 1 aliphatic rings. The van der Waals surface area contributed by atoms with Crippen LogP contribution >= 0.6 is 0 Å². The van der Waals surface area contributed by atoms with Crippen molar-refractivity contribution in [2.45, 2.75) is 51.6 Å². The van der Waals surface area contributed by atoms with E-state index in [2.05, 4.69) is 0 Å². The van der Waals surface area contributed by atoms with Gasteiger partial charge in [0.05, 0.1) is 19.3 Å². The summed E-state index contributed by atoms with van der Waals surface area (Å²) < 4.78 is 55.2. The van der Waals surface area contributed by atoms with E-state index < -0.39 is 23.6 Å². The van der Waals surface area contributed by atoms with Crippen molar-refractivity contribution in [3.63, 3.8) is 0 Å². The Morgan fingerprint density at radius 2 is 1.60 bits per heavy atom. The van der Waals surface area contributed by atoms with Gasteiger partial charge in [0.15, 0.2) is 23.2 Å². The summed E-state index contributed by atoms with van der Waals surface area (Å²) >= 11 is 0. The van der Waals surface area contributed by atoms with Crippen LogP contribution in [0.1, 0.15) is 62.7 Å². The third kappa shape index (κ3) is 5.81. The minimum Gasteiger partial charge on any atom is -0.494 e. The van der Waals surface area contributed by atoms with Crippen molar-refractivity contribution in [2.24, 2.45) is 5.92 Å². The molecule has 4 rings (SSSR count). The highest BCUT2D eigenvalue weighted by molar-refractivity contribution is 5.65. The van der Waals surface area contributed by atoms with E-state index in [0.717, 1.165) is 31.2 Å². The van der Waals surface area contributed by atoms with E-state index in [1.54, 1.807) is 55.5 Å². The normalized spacial score (nSPS) is 18.8. The second-order valence-corrected chi connectivity index (χ2v) is 9.18. The third-order valence-corrected chi connectivity index (χ3v) is 6.79. The highest BCUT2D eigenvalue weighted by Crippen LogP contribution is 2.39. The van der Waals surface area contributed by atoms with Crippen LogP contribution in [0.15, 0.2) is 54.6 Å². The predicted octanol–water partition coefficient (Wildman–Crippen LogP) is 7.58. The van der Waals surface area contributed by atoms with Gasteiger partial charge in [-0.15, -0.1) is 0 Å². The van der Waals surface area contributed by atoms with E-state index in [1.165, 1.54) is 6.07 Å². The van der Waals surface area contributed by atoms with Crippen LogP contribution < -0.4 is 9.47 Å². The van der Waals surface area contributed by atoms with Crippen LogP contribution in [0.5, 0.6) is 11.5 Å². The van der Waals surface area contributed by atoms with Gasteiger partial charge in [0.25, 0.3) is 0 Å². The molecule has 0 heterocycles. The summed E-state index contributed by atoms with van der Waals surface area (Å²) in [5.74, 6) is -1.26. The maximum absolute atomic E-state index is 15.0. The minimum absolute atomic E-state index is 0.0605. The Morgan fingerprint density at radius 1 is 0.886 bits per heavy atom. The summed E-state index contributed by atoms with van der Waals surface area (Å²) in [5.41, 5.74) is 1.91. The molecule has 1 atom stereocenters. The Morgan fingerprint density at radius 3 is 2.23 bits per heavy atom. The first-order valence-corrected chi connectivity index (χ1v) is 12.2. The first kappa shape index (κ1) is 25.1. The summed E-state index contributed by atoms with van der Waals surface area (Å²) in [6.45, 7) is 4.34. The van der Waals surface area contributed by atoms with Gasteiger partial charge in [0.2, 0.25) is 0 Å². The lowest BCUT2D eigenvalue weighted by Gasteiger charge is -2.29. The van der Waals surface area contributed by atoms with Gasteiger partial charge in [-0.2, -0.15) is 0 Å². The van der Waals surface area contributed by atoms with Gasteiger partial charge >= 0.3 is 0 Å². The maximum Gasteiger partial charge on any atom is 0.168 e. The Balaban J connectivity index is 1.36. The molecular formula is C29H31F3O3. The van der Waals surface area contributed by atoms with Crippen LogP contribution in [0.2, 0.25) is 0 Å². The Hall–Kier alpha value is -2.99. The molecule has 1 N–H and O–H groups in total. The van der Waals surface area contributed by atoms with Crippen LogP contribution in [0.25, 0.3) is 11.1 Å². The summed E-state index contributed by atoms with van der Waals surface area (Å²) in [7, 11) is 0. The number of aliphatic hydroxyl groups is 1.